The summed E-state index contributed by atoms with van der Waals surface area (Å²) in [5.74, 6) is -1.57. The van der Waals surface area contributed by atoms with Crippen LogP contribution in [0.4, 0.5) is 4.79 Å². The molecule has 7 nitrogen and oxygen atoms in total. The highest BCUT2D eigenvalue weighted by Crippen LogP contribution is 2.26. The van der Waals surface area contributed by atoms with Crippen LogP contribution in [0.3, 0.4) is 0 Å². The van der Waals surface area contributed by atoms with Crippen molar-refractivity contribution < 1.29 is 19.5 Å². The summed E-state index contributed by atoms with van der Waals surface area (Å²) in [5.41, 5.74) is 5.25. The van der Waals surface area contributed by atoms with Gasteiger partial charge in [0.2, 0.25) is 5.91 Å². The largest absolute Gasteiger partial charge is 0.481 e. The maximum Gasteiger partial charge on any atom is 0.317 e. The number of carbonyl (C=O) groups excluding carboxylic acids is 2. The van der Waals surface area contributed by atoms with Gasteiger partial charge in [-0.05, 0) is 32.1 Å². The highest BCUT2D eigenvalue weighted by atomic mass is 16.4. The first-order valence-electron chi connectivity index (χ1n) is 7.05. The van der Waals surface area contributed by atoms with Gasteiger partial charge >= 0.3 is 12.0 Å². The molecule has 0 aromatic carbocycles. The van der Waals surface area contributed by atoms with Crippen molar-refractivity contribution in [1.29, 1.82) is 0 Å². The minimum Gasteiger partial charge on any atom is -0.481 e. The summed E-state index contributed by atoms with van der Waals surface area (Å²) in [7, 11) is 0. The van der Waals surface area contributed by atoms with Gasteiger partial charge in [0.15, 0.2) is 0 Å². The Kier molecular flexibility index (Phi) is 4.46. The van der Waals surface area contributed by atoms with Crippen LogP contribution in [0.5, 0.6) is 0 Å². The van der Waals surface area contributed by atoms with E-state index in [1.54, 1.807) is 4.90 Å². The highest BCUT2D eigenvalue weighted by molar-refractivity contribution is 5.78. The van der Waals surface area contributed by atoms with Crippen LogP contribution in [0, 0.1) is 11.8 Å². The molecule has 0 bridgehead atoms. The lowest BCUT2D eigenvalue weighted by molar-refractivity contribution is -0.141. The van der Waals surface area contributed by atoms with Crippen molar-refractivity contribution in [2.24, 2.45) is 17.6 Å². The third-order valence-corrected chi connectivity index (χ3v) is 4.29. The third kappa shape index (κ3) is 3.40. The van der Waals surface area contributed by atoms with E-state index in [1.807, 2.05) is 0 Å². The van der Waals surface area contributed by atoms with Crippen LogP contribution in [0.2, 0.25) is 0 Å². The minimum atomic E-state index is -0.788. The second kappa shape index (κ2) is 6.11. The van der Waals surface area contributed by atoms with E-state index >= 15 is 0 Å². The summed E-state index contributed by atoms with van der Waals surface area (Å²) in [4.78, 5) is 35.7. The van der Waals surface area contributed by atoms with Gasteiger partial charge < -0.3 is 21.1 Å². The Morgan fingerprint density at radius 1 is 1.05 bits per heavy atom. The third-order valence-electron chi connectivity index (χ3n) is 4.29. The quantitative estimate of drug-likeness (QED) is 0.684. The number of piperidine rings is 1. The number of nitrogens with two attached hydrogens (primary N) is 1. The molecule has 0 aromatic heterocycles. The second-order valence-corrected chi connectivity index (χ2v) is 5.66. The average molecular weight is 283 g/mol. The van der Waals surface area contributed by atoms with Gasteiger partial charge in [0.25, 0.3) is 0 Å². The van der Waals surface area contributed by atoms with Gasteiger partial charge in [-0.15, -0.1) is 0 Å². The lowest BCUT2D eigenvalue weighted by atomic mass is 9.96. The van der Waals surface area contributed by atoms with E-state index in [-0.39, 0.29) is 29.8 Å². The van der Waals surface area contributed by atoms with Gasteiger partial charge in [-0.25, -0.2) is 4.79 Å². The normalized spacial score (nSPS) is 27.3. The minimum absolute atomic E-state index is 0.0579. The Balaban J connectivity index is 1.76. The van der Waals surface area contributed by atoms with E-state index in [1.165, 1.54) is 0 Å². The van der Waals surface area contributed by atoms with E-state index in [9.17, 15) is 14.4 Å². The van der Waals surface area contributed by atoms with Gasteiger partial charge in [0.1, 0.15) is 0 Å². The molecule has 1 saturated heterocycles. The molecule has 2 aliphatic rings. The van der Waals surface area contributed by atoms with Crippen LogP contribution in [0.1, 0.15) is 32.1 Å². The van der Waals surface area contributed by atoms with Crippen molar-refractivity contribution in [2.75, 3.05) is 13.1 Å². The van der Waals surface area contributed by atoms with E-state index < -0.39 is 5.97 Å². The Morgan fingerprint density at radius 2 is 1.70 bits per heavy atom. The van der Waals surface area contributed by atoms with Crippen LogP contribution >= 0.6 is 0 Å². The number of rotatable bonds is 3. The fourth-order valence-corrected chi connectivity index (χ4v) is 2.97. The molecule has 1 aliphatic heterocycles. The predicted molar refractivity (Wildman–Crippen MR) is 70.8 cm³/mol. The number of nitrogens with zero attached hydrogens (tertiary/aromatic N) is 1. The lowest BCUT2D eigenvalue weighted by Gasteiger charge is -2.31. The number of carboxylic acid groups (broad SMARTS) is 1. The smallest absolute Gasteiger partial charge is 0.317 e. The van der Waals surface area contributed by atoms with Crippen LogP contribution in [-0.2, 0) is 9.59 Å². The number of aliphatic carboxylic acids is 1. The van der Waals surface area contributed by atoms with E-state index in [0.717, 1.165) is 0 Å². The Labute approximate surface area is 117 Å². The molecule has 2 rings (SSSR count). The molecule has 0 aromatic rings. The topological polar surface area (TPSA) is 113 Å². The number of hydrogen-bond donors (Lipinski definition) is 3. The summed E-state index contributed by atoms with van der Waals surface area (Å²) in [6, 6.07) is -0.221. The second-order valence-electron chi connectivity index (χ2n) is 5.66. The monoisotopic (exact) mass is 283 g/mol. The summed E-state index contributed by atoms with van der Waals surface area (Å²) in [5, 5.41) is 11.8. The summed E-state index contributed by atoms with van der Waals surface area (Å²) >= 11 is 0. The molecule has 7 heteroatoms. The maximum absolute atomic E-state index is 12.1. The molecule has 2 atom stereocenters. The van der Waals surface area contributed by atoms with Gasteiger partial charge in [0, 0.05) is 25.0 Å². The number of carbonyl (C=O) groups is 3. The first kappa shape index (κ1) is 14.6. The molecule has 20 heavy (non-hydrogen) atoms. The number of hydrogen-bond acceptors (Lipinski definition) is 3. The van der Waals surface area contributed by atoms with Crippen molar-refractivity contribution in [3.8, 4) is 0 Å². The van der Waals surface area contributed by atoms with Crippen molar-refractivity contribution >= 4 is 17.9 Å². The zero-order chi connectivity index (χ0) is 14.7. The summed E-state index contributed by atoms with van der Waals surface area (Å²) in [6.07, 6.45) is 3.03. The van der Waals surface area contributed by atoms with Gasteiger partial charge in [-0.2, -0.15) is 0 Å². The van der Waals surface area contributed by atoms with Crippen LogP contribution < -0.4 is 11.1 Å². The van der Waals surface area contributed by atoms with Crippen LogP contribution in [0.15, 0.2) is 0 Å². The Morgan fingerprint density at radius 3 is 2.20 bits per heavy atom. The molecule has 3 amide bonds. The molecule has 1 saturated carbocycles. The molecule has 2 fully saturated rings. The molecule has 1 heterocycles. The number of amides is 3. The highest BCUT2D eigenvalue weighted by Gasteiger charge is 2.32. The first-order chi connectivity index (χ1) is 9.47. The predicted octanol–water partition coefficient (Wildman–Crippen LogP) is 0.147. The van der Waals surface area contributed by atoms with Gasteiger partial charge in [-0.1, -0.05) is 0 Å². The van der Waals surface area contributed by atoms with Crippen LogP contribution in [-0.4, -0.2) is 47.0 Å². The molecule has 0 unspecified atom stereocenters. The maximum atomic E-state index is 12.1. The molecular weight excluding hydrogens is 262 g/mol. The van der Waals surface area contributed by atoms with E-state index in [4.69, 9.17) is 10.8 Å². The van der Waals surface area contributed by atoms with E-state index in [0.29, 0.717) is 45.2 Å². The number of likely N-dealkylation sites (tertiary alicyclic amines) is 1. The van der Waals surface area contributed by atoms with Crippen molar-refractivity contribution in [3.05, 3.63) is 0 Å². The molecule has 4 N–H and O–H groups in total. The van der Waals surface area contributed by atoms with Crippen molar-refractivity contribution in [1.82, 2.24) is 10.2 Å². The molecule has 0 radical (unpaired) electrons. The van der Waals surface area contributed by atoms with Crippen molar-refractivity contribution in [2.45, 2.75) is 38.1 Å². The van der Waals surface area contributed by atoms with E-state index in [2.05, 4.69) is 5.32 Å². The fourth-order valence-electron chi connectivity index (χ4n) is 2.97. The van der Waals surface area contributed by atoms with Crippen molar-refractivity contribution in [3.63, 3.8) is 0 Å². The SMILES string of the molecule is NC(=O)C1CCN(C(=O)N[C@H]2CC[C@@H](C(=O)O)C2)CC1. The van der Waals surface area contributed by atoms with Gasteiger partial charge in [-0.3, -0.25) is 9.59 Å². The summed E-state index contributed by atoms with van der Waals surface area (Å²) < 4.78 is 0. The Bertz CT molecular complexity index is 404. The average Bonchev–Trinajstić information content (AvgIpc) is 2.87. The number of primary amides is 1. The number of carboxylic acids is 1. The number of urea groups is 1. The Hall–Kier alpha value is -1.79. The molecular formula is C13H21N3O4. The first-order valence-corrected chi connectivity index (χ1v) is 7.05. The van der Waals surface area contributed by atoms with Crippen LogP contribution in [0.25, 0.3) is 0 Å². The lowest BCUT2D eigenvalue weighted by Crippen LogP contribution is -2.48. The fraction of sp³-hybridized carbons (Fsp3) is 0.769. The van der Waals surface area contributed by atoms with Gasteiger partial charge in [0.05, 0.1) is 5.92 Å². The summed E-state index contributed by atoms with van der Waals surface area (Å²) in [6.45, 7) is 1.04. The molecule has 1 aliphatic carbocycles. The standard InChI is InChI=1S/C13H21N3O4/c14-11(17)8-3-5-16(6-4-8)13(20)15-10-2-1-9(7-10)12(18)19/h8-10H,1-7H2,(H2,14,17)(H,15,20)(H,18,19)/t9-,10+/m1/s1. The molecule has 0 spiro atoms. The zero-order valence-electron chi connectivity index (χ0n) is 11.4. The zero-order valence-corrected chi connectivity index (χ0v) is 11.4. The number of nitrogens with one attached hydrogen (secondary N) is 1. The molecule has 112 valence electrons.